The zero-order valence-corrected chi connectivity index (χ0v) is 15.0. The molecule has 1 N–H and O–H groups in total. The summed E-state index contributed by atoms with van der Waals surface area (Å²) in [4.78, 5) is 23.7. The third kappa shape index (κ3) is 4.83. The number of nitrogens with one attached hydrogen (secondary N) is 1. The molecule has 0 saturated carbocycles. The monoisotopic (exact) mass is 341 g/mol. The van der Waals surface area contributed by atoms with E-state index in [2.05, 4.69) is 5.32 Å². The van der Waals surface area contributed by atoms with Crippen LogP contribution in [0.3, 0.4) is 0 Å². The van der Waals surface area contributed by atoms with Crippen LogP contribution in [0.25, 0.3) is 0 Å². The maximum Gasteiger partial charge on any atom is 0.258 e. The molecule has 0 heterocycles. The molecule has 5 nitrogen and oxygen atoms in total. The van der Waals surface area contributed by atoms with Crippen molar-refractivity contribution in [3.63, 3.8) is 0 Å². The molecule has 0 atom stereocenters. The van der Waals surface area contributed by atoms with Gasteiger partial charge in [0.05, 0.1) is 12.6 Å². The fraction of sp³-hybridized carbons (Fsp3) is 0.300. The van der Waals surface area contributed by atoms with Crippen LogP contribution >= 0.6 is 0 Å². The quantitative estimate of drug-likeness (QED) is 0.785. The molecule has 0 bridgehead atoms. The number of Topliss-reactive ketones (excluding diaryl/α,β-unsaturated/α-hetero) is 1. The summed E-state index contributed by atoms with van der Waals surface area (Å²) in [7, 11) is 1.49. The topological polar surface area (TPSA) is 64.6 Å². The van der Waals surface area contributed by atoms with Gasteiger partial charge >= 0.3 is 0 Å². The van der Waals surface area contributed by atoms with Gasteiger partial charge in [0.25, 0.3) is 5.91 Å². The third-order valence-electron chi connectivity index (χ3n) is 3.88. The average molecular weight is 341 g/mol. The number of hydrogen-bond donors (Lipinski definition) is 1. The molecule has 25 heavy (non-hydrogen) atoms. The van der Waals surface area contributed by atoms with Crippen LogP contribution in [0.15, 0.2) is 48.5 Å². The lowest BCUT2D eigenvalue weighted by molar-refractivity contribution is -0.124. The summed E-state index contributed by atoms with van der Waals surface area (Å²) in [6, 6.07) is 14.6. The third-order valence-corrected chi connectivity index (χ3v) is 3.88. The molecule has 0 saturated heterocycles. The molecule has 2 rings (SSSR count). The van der Waals surface area contributed by atoms with Crippen molar-refractivity contribution in [1.82, 2.24) is 5.32 Å². The predicted octanol–water partition coefficient (Wildman–Crippen LogP) is 3.33. The summed E-state index contributed by atoms with van der Waals surface area (Å²) in [5, 5.41) is 2.95. The predicted molar refractivity (Wildman–Crippen MR) is 96.1 cm³/mol. The van der Waals surface area contributed by atoms with E-state index in [9.17, 15) is 9.59 Å². The van der Waals surface area contributed by atoms with Crippen molar-refractivity contribution in [3.05, 3.63) is 59.7 Å². The molecule has 132 valence electrons. The first-order valence-corrected chi connectivity index (χ1v) is 8.02. The minimum atomic E-state index is -0.510. The Bertz CT molecular complexity index is 754. The smallest absolute Gasteiger partial charge is 0.258 e. The Balaban J connectivity index is 2.01. The van der Waals surface area contributed by atoms with Gasteiger partial charge in [-0.15, -0.1) is 0 Å². The molecule has 1 amide bonds. The van der Waals surface area contributed by atoms with Gasteiger partial charge in [-0.05, 0) is 44.5 Å². The molecule has 0 radical (unpaired) electrons. The molecule has 0 unspecified atom stereocenters. The normalized spacial score (nSPS) is 10.9. The SMILES string of the molecule is COc1cc(C(C)=O)ccc1OCC(=O)NC(C)(C)c1ccccc1. The van der Waals surface area contributed by atoms with Gasteiger partial charge in [0.15, 0.2) is 23.9 Å². The van der Waals surface area contributed by atoms with E-state index < -0.39 is 5.54 Å². The molecular formula is C20H23NO4. The van der Waals surface area contributed by atoms with Crippen LogP contribution in [-0.2, 0) is 10.3 Å². The fourth-order valence-corrected chi connectivity index (χ4v) is 2.46. The first kappa shape index (κ1) is 18.5. The van der Waals surface area contributed by atoms with E-state index in [1.807, 2.05) is 44.2 Å². The Labute approximate surface area is 148 Å². The Morgan fingerprint density at radius 3 is 2.32 bits per heavy atom. The standard InChI is InChI=1S/C20H23NO4/c1-14(22)15-10-11-17(18(12-15)24-4)25-13-19(23)21-20(2,3)16-8-6-5-7-9-16/h5-12H,13H2,1-4H3,(H,21,23). The van der Waals surface area contributed by atoms with E-state index in [0.29, 0.717) is 17.1 Å². The maximum absolute atomic E-state index is 12.2. The van der Waals surface area contributed by atoms with Crippen molar-refractivity contribution < 1.29 is 19.1 Å². The van der Waals surface area contributed by atoms with Gasteiger partial charge in [-0.2, -0.15) is 0 Å². The summed E-state index contributed by atoms with van der Waals surface area (Å²) in [6.07, 6.45) is 0. The number of rotatable bonds is 7. The lowest BCUT2D eigenvalue weighted by Crippen LogP contribution is -2.43. The van der Waals surface area contributed by atoms with E-state index in [-0.39, 0.29) is 18.3 Å². The number of methoxy groups -OCH3 is 1. The van der Waals surface area contributed by atoms with Crippen LogP contribution in [0.1, 0.15) is 36.7 Å². The van der Waals surface area contributed by atoms with Crippen LogP contribution in [0.5, 0.6) is 11.5 Å². The number of amides is 1. The van der Waals surface area contributed by atoms with Gasteiger partial charge in [-0.1, -0.05) is 30.3 Å². The highest BCUT2D eigenvalue weighted by atomic mass is 16.5. The summed E-state index contributed by atoms with van der Waals surface area (Å²) in [6.45, 7) is 5.20. The minimum Gasteiger partial charge on any atom is -0.493 e. The number of benzene rings is 2. The minimum absolute atomic E-state index is 0.0628. The largest absolute Gasteiger partial charge is 0.493 e. The summed E-state index contributed by atoms with van der Waals surface area (Å²) < 4.78 is 10.8. The Hall–Kier alpha value is -2.82. The second kappa shape index (κ2) is 7.83. The number of hydrogen-bond acceptors (Lipinski definition) is 4. The molecule has 5 heteroatoms. The number of ether oxygens (including phenoxy) is 2. The molecule has 0 aromatic heterocycles. The summed E-state index contributed by atoms with van der Waals surface area (Å²) >= 11 is 0. The second-order valence-electron chi connectivity index (χ2n) is 6.25. The first-order chi connectivity index (χ1) is 11.8. The van der Waals surface area contributed by atoms with Crippen LogP contribution in [-0.4, -0.2) is 25.4 Å². The number of ketones is 1. The van der Waals surface area contributed by atoms with E-state index in [4.69, 9.17) is 9.47 Å². The van der Waals surface area contributed by atoms with Crippen molar-refractivity contribution in [2.45, 2.75) is 26.3 Å². The van der Waals surface area contributed by atoms with E-state index >= 15 is 0 Å². The molecule has 2 aromatic carbocycles. The highest BCUT2D eigenvalue weighted by Crippen LogP contribution is 2.28. The van der Waals surface area contributed by atoms with Crippen LogP contribution < -0.4 is 14.8 Å². The molecule has 0 aliphatic carbocycles. The molecule has 0 fully saturated rings. The van der Waals surface area contributed by atoms with Gasteiger partial charge in [0.2, 0.25) is 0 Å². The molecule has 0 aliphatic rings. The van der Waals surface area contributed by atoms with E-state index in [0.717, 1.165) is 5.56 Å². The first-order valence-electron chi connectivity index (χ1n) is 8.02. The highest BCUT2D eigenvalue weighted by molar-refractivity contribution is 5.94. The fourth-order valence-electron chi connectivity index (χ4n) is 2.46. The van der Waals surface area contributed by atoms with Gasteiger partial charge in [0, 0.05) is 5.56 Å². The maximum atomic E-state index is 12.2. The van der Waals surface area contributed by atoms with Gasteiger partial charge in [0.1, 0.15) is 0 Å². The lowest BCUT2D eigenvalue weighted by atomic mass is 9.94. The van der Waals surface area contributed by atoms with Crippen molar-refractivity contribution in [2.75, 3.05) is 13.7 Å². The van der Waals surface area contributed by atoms with Crippen LogP contribution in [0.2, 0.25) is 0 Å². The zero-order valence-electron chi connectivity index (χ0n) is 15.0. The van der Waals surface area contributed by atoms with Crippen molar-refractivity contribution >= 4 is 11.7 Å². The van der Waals surface area contributed by atoms with Gasteiger partial charge in [-0.25, -0.2) is 0 Å². The zero-order chi connectivity index (χ0) is 18.4. The van der Waals surface area contributed by atoms with Gasteiger partial charge in [-0.3, -0.25) is 9.59 Å². The highest BCUT2D eigenvalue weighted by Gasteiger charge is 2.22. The number of carbonyl (C=O) groups is 2. The molecular weight excluding hydrogens is 318 g/mol. The van der Waals surface area contributed by atoms with E-state index in [1.165, 1.54) is 14.0 Å². The Kier molecular flexibility index (Phi) is 5.80. The lowest BCUT2D eigenvalue weighted by Gasteiger charge is -2.27. The Morgan fingerprint density at radius 2 is 1.72 bits per heavy atom. The van der Waals surface area contributed by atoms with Crippen LogP contribution in [0.4, 0.5) is 0 Å². The summed E-state index contributed by atoms with van der Waals surface area (Å²) in [5.74, 6) is 0.529. The van der Waals surface area contributed by atoms with Crippen molar-refractivity contribution in [1.29, 1.82) is 0 Å². The number of carbonyl (C=O) groups excluding carboxylic acids is 2. The molecule has 2 aromatic rings. The van der Waals surface area contributed by atoms with Crippen molar-refractivity contribution in [2.24, 2.45) is 0 Å². The van der Waals surface area contributed by atoms with Crippen LogP contribution in [0, 0.1) is 0 Å². The van der Waals surface area contributed by atoms with E-state index in [1.54, 1.807) is 18.2 Å². The van der Waals surface area contributed by atoms with Gasteiger partial charge < -0.3 is 14.8 Å². The Morgan fingerprint density at radius 1 is 1.04 bits per heavy atom. The average Bonchev–Trinajstić information content (AvgIpc) is 2.60. The molecule has 0 aliphatic heterocycles. The summed E-state index contributed by atoms with van der Waals surface area (Å²) in [5.41, 5.74) is 1.02. The second-order valence-corrected chi connectivity index (χ2v) is 6.25. The molecule has 0 spiro atoms. The van der Waals surface area contributed by atoms with Crippen molar-refractivity contribution in [3.8, 4) is 11.5 Å².